The van der Waals surface area contributed by atoms with E-state index in [4.69, 9.17) is 18.9 Å². The molecule has 1 rings (SSSR count). The molecule has 2 N–H and O–H groups in total. The summed E-state index contributed by atoms with van der Waals surface area (Å²) in [5.74, 6) is -1.11. The van der Waals surface area contributed by atoms with Crippen LogP contribution in [0.4, 0.5) is 0 Å². The molecule has 1 saturated heterocycles. The lowest BCUT2D eigenvalue weighted by Crippen LogP contribution is -2.62. The fraction of sp³-hybridized carbons (Fsp3) is 0.875. The van der Waals surface area contributed by atoms with Gasteiger partial charge in [-0.1, -0.05) is 48.0 Å². The summed E-state index contributed by atoms with van der Waals surface area (Å²) in [7, 11) is 0. The van der Waals surface area contributed by atoms with Crippen LogP contribution in [0.1, 0.15) is 80.1 Å². The molecule has 0 bridgehead atoms. The Hall–Kier alpha value is -1.71. The molecule has 0 aromatic carbocycles. The van der Waals surface area contributed by atoms with Gasteiger partial charge in [0.1, 0.15) is 6.10 Å². The summed E-state index contributed by atoms with van der Waals surface area (Å²) in [4.78, 5) is 37.0. The van der Waals surface area contributed by atoms with Gasteiger partial charge in [-0.3, -0.25) is 14.4 Å². The molecule has 6 unspecified atom stereocenters. The minimum Gasteiger partial charge on any atom is -0.455 e. The van der Waals surface area contributed by atoms with Crippen molar-refractivity contribution in [3.63, 3.8) is 0 Å². The van der Waals surface area contributed by atoms with Crippen LogP contribution in [0.5, 0.6) is 0 Å². The van der Waals surface area contributed by atoms with Crippen molar-refractivity contribution >= 4 is 17.9 Å². The van der Waals surface area contributed by atoms with Gasteiger partial charge in [0.15, 0.2) is 18.3 Å². The maximum Gasteiger partial charge on any atom is 0.308 e. The van der Waals surface area contributed by atoms with Crippen molar-refractivity contribution in [3.05, 3.63) is 0 Å². The molecule has 9 nitrogen and oxygen atoms in total. The van der Waals surface area contributed by atoms with Gasteiger partial charge in [-0.2, -0.15) is 0 Å². The molecule has 192 valence electrons. The van der Waals surface area contributed by atoms with Gasteiger partial charge in [0.25, 0.3) is 0 Å². The van der Waals surface area contributed by atoms with Crippen molar-refractivity contribution in [2.75, 3.05) is 6.61 Å². The summed E-state index contributed by atoms with van der Waals surface area (Å²) < 4.78 is 21.8. The molecule has 33 heavy (non-hydrogen) atoms. The quantitative estimate of drug-likeness (QED) is 0.306. The first kappa shape index (κ1) is 29.3. The van der Waals surface area contributed by atoms with E-state index in [0.29, 0.717) is 18.8 Å². The maximum atomic E-state index is 12.5. The summed E-state index contributed by atoms with van der Waals surface area (Å²) in [6.07, 6.45) is -4.32. The first-order valence-corrected chi connectivity index (χ1v) is 12.0. The van der Waals surface area contributed by atoms with E-state index in [-0.39, 0.29) is 31.1 Å². The summed E-state index contributed by atoms with van der Waals surface area (Å²) >= 11 is 0. The van der Waals surface area contributed by atoms with E-state index in [0.717, 1.165) is 6.42 Å². The van der Waals surface area contributed by atoms with Gasteiger partial charge in [0, 0.05) is 19.3 Å². The monoisotopic (exact) mass is 474 g/mol. The zero-order chi connectivity index (χ0) is 25.1. The van der Waals surface area contributed by atoms with Gasteiger partial charge in [0.05, 0.1) is 6.61 Å². The van der Waals surface area contributed by atoms with E-state index in [2.05, 4.69) is 0 Å². The fourth-order valence-electron chi connectivity index (χ4n) is 3.32. The molecule has 0 aliphatic carbocycles. The van der Waals surface area contributed by atoms with Crippen LogP contribution in [0.3, 0.4) is 0 Å². The lowest BCUT2D eigenvalue weighted by Gasteiger charge is -2.42. The first-order chi connectivity index (χ1) is 15.5. The Balaban J connectivity index is 3.02. The zero-order valence-electron chi connectivity index (χ0n) is 20.8. The third-order valence-corrected chi connectivity index (χ3v) is 5.62. The van der Waals surface area contributed by atoms with Crippen LogP contribution >= 0.6 is 0 Å². The molecule has 0 spiro atoms. The normalized spacial score (nSPS) is 26.2. The van der Waals surface area contributed by atoms with Crippen molar-refractivity contribution in [1.29, 1.82) is 0 Å². The minimum atomic E-state index is -1.58. The van der Waals surface area contributed by atoms with Crippen molar-refractivity contribution in [1.82, 2.24) is 0 Å². The second-order valence-electron chi connectivity index (χ2n) is 9.70. The van der Waals surface area contributed by atoms with E-state index in [1.165, 1.54) is 0 Å². The number of rotatable bonds is 13. The molecule has 1 heterocycles. The summed E-state index contributed by atoms with van der Waals surface area (Å²) in [5, 5.41) is 20.7. The summed E-state index contributed by atoms with van der Waals surface area (Å²) in [6, 6.07) is 0. The van der Waals surface area contributed by atoms with Gasteiger partial charge in [-0.05, 0) is 30.6 Å². The van der Waals surface area contributed by atoms with Gasteiger partial charge in [-0.25, -0.2) is 0 Å². The third kappa shape index (κ3) is 10.4. The van der Waals surface area contributed by atoms with Crippen LogP contribution in [0.25, 0.3) is 0 Å². The van der Waals surface area contributed by atoms with E-state index < -0.39 is 55.2 Å². The average Bonchev–Trinajstić information content (AvgIpc) is 2.74. The Morgan fingerprint density at radius 2 is 1.42 bits per heavy atom. The molecule has 0 radical (unpaired) electrons. The second kappa shape index (κ2) is 14.5. The zero-order valence-corrected chi connectivity index (χ0v) is 20.8. The third-order valence-electron chi connectivity index (χ3n) is 5.62. The van der Waals surface area contributed by atoms with Crippen LogP contribution in [-0.4, -0.2) is 65.4 Å². The predicted octanol–water partition coefficient (Wildman–Crippen LogP) is 2.74. The van der Waals surface area contributed by atoms with Crippen LogP contribution in [0, 0.1) is 17.8 Å². The van der Waals surface area contributed by atoms with Gasteiger partial charge in [0.2, 0.25) is 6.29 Å². The standard InChI is InChI=1S/C24H42O9/c1-7-16(6)9-11-19(27)31-22-17(13-25)30-24(33-20(28)12-15(4)5)21(29)23(22)32-18(26)10-8-14(2)3/h14-17,21-25,29H,7-13H2,1-6H3. The molecule has 1 aliphatic heterocycles. The molecule has 9 heteroatoms. The molecule has 1 aliphatic rings. The van der Waals surface area contributed by atoms with Crippen molar-refractivity contribution in [3.8, 4) is 0 Å². The molecule has 6 atom stereocenters. The number of hydrogen-bond donors (Lipinski definition) is 2. The molecular formula is C24H42O9. The Kier molecular flexibility index (Phi) is 12.9. The van der Waals surface area contributed by atoms with E-state index >= 15 is 0 Å². The topological polar surface area (TPSA) is 129 Å². The minimum absolute atomic E-state index is 0.0238. The maximum absolute atomic E-state index is 12.5. The Morgan fingerprint density at radius 3 is 1.94 bits per heavy atom. The first-order valence-electron chi connectivity index (χ1n) is 12.0. The van der Waals surface area contributed by atoms with Crippen molar-refractivity contribution in [2.24, 2.45) is 17.8 Å². The summed E-state index contributed by atoms with van der Waals surface area (Å²) in [6.45, 7) is 11.1. The highest BCUT2D eigenvalue weighted by Gasteiger charge is 2.51. The van der Waals surface area contributed by atoms with Crippen LogP contribution in [-0.2, 0) is 33.3 Å². The van der Waals surface area contributed by atoms with Crippen LogP contribution < -0.4 is 0 Å². The lowest BCUT2D eigenvalue weighted by molar-refractivity contribution is -0.298. The van der Waals surface area contributed by atoms with Gasteiger partial charge < -0.3 is 29.2 Å². The largest absolute Gasteiger partial charge is 0.455 e. The highest BCUT2D eigenvalue weighted by Crippen LogP contribution is 2.28. The van der Waals surface area contributed by atoms with Crippen molar-refractivity contribution < 1.29 is 43.5 Å². The van der Waals surface area contributed by atoms with Gasteiger partial charge >= 0.3 is 17.9 Å². The van der Waals surface area contributed by atoms with Gasteiger partial charge in [-0.15, -0.1) is 0 Å². The SMILES string of the molecule is CCC(C)CCC(=O)OC1C(CO)OC(OC(=O)CC(C)C)C(O)C1OC(=O)CCC(C)C. The lowest BCUT2D eigenvalue weighted by atomic mass is 9.98. The Labute approximate surface area is 197 Å². The highest BCUT2D eigenvalue weighted by atomic mass is 16.7. The average molecular weight is 475 g/mol. The Morgan fingerprint density at radius 1 is 0.848 bits per heavy atom. The number of carbonyl (C=O) groups is 3. The molecule has 0 aromatic rings. The smallest absolute Gasteiger partial charge is 0.308 e. The molecule has 1 fully saturated rings. The Bertz CT molecular complexity index is 619. The van der Waals surface area contributed by atoms with Crippen molar-refractivity contribution in [2.45, 2.75) is 111 Å². The molecular weight excluding hydrogens is 432 g/mol. The molecule has 0 aromatic heterocycles. The van der Waals surface area contributed by atoms with E-state index in [1.54, 1.807) is 0 Å². The summed E-state index contributed by atoms with van der Waals surface area (Å²) in [5.41, 5.74) is 0. The number of aliphatic hydroxyl groups is 2. The second-order valence-corrected chi connectivity index (χ2v) is 9.70. The highest BCUT2D eigenvalue weighted by molar-refractivity contribution is 5.71. The molecule has 0 amide bonds. The van der Waals surface area contributed by atoms with E-state index in [9.17, 15) is 24.6 Å². The van der Waals surface area contributed by atoms with Crippen LogP contribution in [0.15, 0.2) is 0 Å². The number of ether oxygens (including phenoxy) is 4. The number of hydrogen-bond acceptors (Lipinski definition) is 9. The van der Waals surface area contributed by atoms with E-state index in [1.807, 2.05) is 41.5 Å². The number of aliphatic hydroxyl groups excluding tert-OH is 2. The number of esters is 3. The predicted molar refractivity (Wildman–Crippen MR) is 120 cm³/mol. The van der Waals surface area contributed by atoms with Crippen LogP contribution in [0.2, 0.25) is 0 Å². The number of carbonyl (C=O) groups excluding carboxylic acids is 3. The molecule has 0 saturated carbocycles. The fourth-order valence-corrected chi connectivity index (χ4v) is 3.32.